The summed E-state index contributed by atoms with van der Waals surface area (Å²) in [7, 11) is -0.891. The first kappa shape index (κ1) is 19.1. The van der Waals surface area contributed by atoms with Crippen molar-refractivity contribution in [2.24, 2.45) is 0 Å². The topological polar surface area (TPSA) is 83.5 Å². The molecule has 6 nitrogen and oxygen atoms in total. The molecule has 0 aliphatic rings. The molecule has 2 rings (SSSR count). The van der Waals surface area contributed by atoms with Crippen LogP contribution in [0.5, 0.6) is 0 Å². The first-order chi connectivity index (χ1) is 11.6. The minimum absolute atomic E-state index is 0.0258. The molecule has 0 aliphatic carbocycles. The summed E-state index contributed by atoms with van der Waals surface area (Å²) in [5.41, 5.74) is 0.889. The maximum atomic E-state index is 12.5. The number of ketones is 1. The Morgan fingerprint density at radius 2 is 1.76 bits per heavy atom. The smallest absolute Gasteiger partial charge is 0.257 e. The quantitative estimate of drug-likeness (QED) is 0.808. The number of anilines is 1. The number of carbonyl (C=O) groups excluding carboxylic acids is 2. The zero-order valence-electron chi connectivity index (χ0n) is 13.9. The molecule has 0 fully saturated rings. The van der Waals surface area contributed by atoms with E-state index in [0.717, 1.165) is 4.31 Å². The second-order valence-electron chi connectivity index (χ2n) is 5.52. The lowest BCUT2D eigenvalue weighted by atomic mass is 10.1. The van der Waals surface area contributed by atoms with Crippen LogP contribution in [0, 0.1) is 0 Å². The lowest BCUT2D eigenvalue weighted by molar-refractivity contribution is 0.101. The molecule has 2 aromatic rings. The van der Waals surface area contributed by atoms with E-state index in [1.54, 1.807) is 18.2 Å². The SMILES string of the molecule is CC(=O)c1cccc(NC(=O)c2cc(S(=O)(=O)N(C)C)ccc2Cl)c1. The van der Waals surface area contributed by atoms with Crippen molar-refractivity contribution < 1.29 is 18.0 Å². The van der Waals surface area contributed by atoms with Gasteiger partial charge in [0.1, 0.15) is 0 Å². The summed E-state index contributed by atoms with van der Waals surface area (Å²) in [6.07, 6.45) is 0. The number of amides is 1. The van der Waals surface area contributed by atoms with Crippen molar-refractivity contribution in [3.63, 3.8) is 0 Å². The van der Waals surface area contributed by atoms with Gasteiger partial charge >= 0.3 is 0 Å². The van der Waals surface area contributed by atoms with Crippen LogP contribution in [0.1, 0.15) is 27.6 Å². The molecule has 2 aromatic carbocycles. The number of hydrogen-bond acceptors (Lipinski definition) is 4. The van der Waals surface area contributed by atoms with Crippen LogP contribution < -0.4 is 5.32 Å². The highest BCUT2D eigenvalue weighted by atomic mass is 35.5. The van der Waals surface area contributed by atoms with Crippen LogP contribution in [0.4, 0.5) is 5.69 Å². The van der Waals surface area contributed by atoms with Crippen molar-refractivity contribution in [2.45, 2.75) is 11.8 Å². The Balaban J connectivity index is 2.37. The second-order valence-corrected chi connectivity index (χ2v) is 8.08. The molecule has 0 spiro atoms. The minimum atomic E-state index is -3.69. The fourth-order valence-corrected chi connectivity index (χ4v) is 3.20. The van der Waals surface area contributed by atoms with Gasteiger partial charge in [0.05, 0.1) is 15.5 Å². The van der Waals surface area contributed by atoms with Gasteiger partial charge in [-0.05, 0) is 37.3 Å². The molecular formula is C17H17ClN2O4S. The standard InChI is InChI=1S/C17H17ClN2O4S/c1-11(21)12-5-4-6-13(9-12)19-17(22)15-10-14(7-8-16(15)18)25(23,24)20(2)3/h4-10H,1-3H3,(H,19,22). The Labute approximate surface area is 151 Å². The van der Waals surface area contributed by atoms with Gasteiger partial charge in [-0.3, -0.25) is 9.59 Å². The summed E-state index contributed by atoms with van der Waals surface area (Å²) in [5, 5.41) is 2.74. The Bertz CT molecular complexity index is 939. The van der Waals surface area contributed by atoms with Crippen LogP contribution >= 0.6 is 11.6 Å². The molecule has 0 aromatic heterocycles. The number of Topliss-reactive ketones (excluding diaryl/α,β-unsaturated/α-hetero) is 1. The number of sulfonamides is 1. The monoisotopic (exact) mass is 380 g/mol. The molecule has 0 aliphatic heterocycles. The summed E-state index contributed by atoms with van der Waals surface area (Å²) < 4.78 is 25.5. The minimum Gasteiger partial charge on any atom is -0.322 e. The molecule has 0 atom stereocenters. The molecule has 0 unspecified atom stereocenters. The molecule has 0 bridgehead atoms. The summed E-state index contributed by atoms with van der Waals surface area (Å²) in [6.45, 7) is 1.42. The largest absolute Gasteiger partial charge is 0.322 e. The summed E-state index contributed by atoms with van der Waals surface area (Å²) in [6, 6.07) is 10.4. The molecule has 1 N–H and O–H groups in total. The van der Waals surface area contributed by atoms with Crippen molar-refractivity contribution in [2.75, 3.05) is 19.4 Å². The number of nitrogens with one attached hydrogen (secondary N) is 1. The van der Waals surface area contributed by atoms with Gasteiger partial charge in [0.15, 0.2) is 5.78 Å². The maximum Gasteiger partial charge on any atom is 0.257 e. The maximum absolute atomic E-state index is 12.5. The zero-order chi connectivity index (χ0) is 18.8. The van der Waals surface area contributed by atoms with Gasteiger partial charge in [0, 0.05) is 25.3 Å². The average molecular weight is 381 g/mol. The third kappa shape index (κ3) is 4.25. The van der Waals surface area contributed by atoms with Crippen molar-refractivity contribution in [3.05, 3.63) is 58.6 Å². The number of hydrogen-bond donors (Lipinski definition) is 1. The van der Waals surface area contributed by atoms with Crippen LogP contribution in [0.2, 0.25) is 5.02 Å². The van der Waals surface area contributed by atoms with Crippen LogP contribution in [-0.2, 0) is 10.0 Å². The Morgan fingerprint density at radius 1 is 1.08 bits per heavy atom. The van der Waals surface area contributed by atoms with Crippen molar-refractivity contribution in [1.82, 2.24) is 4.31 Å². The van der Waals surface area contributed by atoms with E-state index < -0.39 is 15.9 Å². The molecule has 0 saturated carbocycles. The van der Waals surface area contributed by atoms with Gasteiger partial charge < -0.3 is 5.32 Å². The van der Waals surface area contributed by atoms with Crippen LogP contribution in [0.15, 0.2) is 47.4 Å². The number of rotatable bonds is 5. The van der Waals surface area contributed by atoms with Crippen LogP contribution in [0.25, 0.3) is 0 Å². The highest BCUT2D eigenvalue weighted by molar-refractivity contribution is 7.89. The van der Waals surface area contributed by atoms with E-state index in [9.17, 15) is 18.0 Å². The fraction of sp³-hybridized carbons (Fsp3) is 0.176. The van der Waals surface area contributed by atoms with Gasteiger partial charge in [-0.25, -0.2) is 12.7 Å². The van der Waals surface area contributed by atoms with Crippen molar-refractivity contribution in [3.8, 4) is 0 Å². The highest BCUT2D eigenvalue weighted by Gasteiger charge is 2.21. The summed E-state index contributed by atoms with van der Waals surface area (Å²) >= 11 is 6.05. The van der Waals surface area contributed by atoms with Gasteiger partial charge in [0.2, 0.25) is 10.0 Å². The predicted molar refractivity (Wildman–Crippen MR) is 96.7 cm³/mol. The van der Waals surface area contributed by atoms with Gasteiger partial charge in [0.25, 0.3) is 5.91 Å². The first-order valence-corrected chi connectivity index (χ1v) is 9.09. The van der Waals surface area contributed by atoms with Crippen LogP contribution in [0.3, 0.4) is 0 Å². The van der Waals surface area contributed by atoms with Crippen LogP contribution in [-0.4, -0.2) is 38.5 Å². The van der Waals surface area contributed by atoms with Crippen molar-refractivity contribution in [1.29, 1.82) is 0 Å². The molecule has 25 heavy (non-hydrogen) atoms. The van der Waals surface area contributed by atoms with E-state index >= 15 is 0 Å². The summed E-state index contributed by atoms with van der Waals surface area (Å²) in [4.78, 5) is 23.9. The highest BCUT2D eigenvalue weighted by Crippen LogP contribution is 2.23. The lowest BCUT2D eigenvalue weighted by Crippen LogP contribution is -2.23. The Morgan fingerprint density at radius 3 is 2.36 bits per heavy atom. The Kier molecular flexibility index (Phi) is 5.62. The number of carbonyl (C=O) groups is 2. The molecule has 1 amide bonds. The third-order valence-electron chi connectivity index (χ3n) is 3.49. The first-order valence-electron chi connectivity index (χ1n) is 7.27. The molecule has 132 valence electrons. The molecule has 8 heteroatoms. The van der Waals surface area contributed by atoms with Gasteiger partial charge in [-0.15, -0.1) is 0 Å². The van der Waals surface area contributed by atoms with E-state index in [2.05, 4.69) is 5.32 Å². The fourth-order valence-electron chi connectivity index (χ4n) is 2.06. The Hall–Kier alpha value is -2.22. The normalized spacial score (nSPS) is 11.4. The lowest BCUT2D eigenvalue weighted by Gasteiger charge is -2.13. The van der Waals surface area contributed by atoms with E-state index in [0.29, 0.717) is 11.3 Å². The van der Waals surface area contributed by atoms with Gasteiger partial charge in [-0.1, -0.05) is 23.7 Å². The predicted octanol–water partition coefficient (Wildman–Crippen LogP) is 3.05. The van der Waals surface area contributed by atoms with E-state index in [1.807, 2.05) is 0 Å². The number of nitrogens with zero attached hydrogens (tertiary/aromatic N) is 1. The molecular weight excluding hydrogens is 364 g/mol. The van der Waals surface area contributed by atoms with Gasteiger partial charge in [-0.2, -0.15) is 0 Å². The van der Waals surface area contributed by atoms with Crippen molar-refractivity contribution >= 4 is 39.0 Å². The molecule has 0 radical (unpaired) electrons. The van der Waals surface area contributed by atoms with E-state index in [-0.39, 0.29) is 21.3 Å². The average Bonchev–Trinajstić information content (AvgIpc) is 2.55. The summed E-state index contributed by atoms with van der Waals surface area (Å²) in [5.74, 6) is -0.699. The molecule has 0 heterocycles. The van der Waals surface area contributed by atoms with E-state index in [1.165, 1.54) is 45.3 Å². The van der Waals surface area contributed by atoms with E-state index in [4.69, 9.17) is 11.6 Å². The number of halogens is 1. The zero-order valence-corrected chi connectivity index (χ0v) is 15.5. The number of benzene rings is 2. The third-order valence-corrected chi connectivity index (χ3v) is 5.63. The molecule has 0 saturated heterocycles. The second kappa shape index (κ2) is 7.35.